The van der Waals surface area contributed by atoms with Gasteiger partial charge in [-0.25, -0.2) is 4.31 Å². The van der Waals surface area contributed by atoms with Gasteiger partial charge in [0.05, 0.1) is 6.54 Å². The third-order valence-corrected chi connectivity index (χ3v) is 4.67. The van der Waals surface area contributed by atoms with Crippen molar-refractivity contribution in [2.24, 2.45) is 0 Å². The Morgan fingerprint density at radius 3 is 2.18 bits per heavy atom. The predicted molar refractivity (Wildman–Crippen MR) is 69.2 cm³/mol. The van der Waals surface area contributed by atoms with Crippen molar-refractivity contribution in [3.05, 3.63) is 12.7 Å². The van der Waals surface area contributed by atoms with E-state index in [2.05, 4.69) is 6.58 Å². The van der Waals surface area contributed by atoms with Crippen molar-refractivity contribution in [1.82, 2.24) is 8.61 Å². The molecule has 0 N–H and O–H groups in total. The molecule has 0 aliphatic carbocycles. The minimum absolute atomic E-state index is 0.103. The molecule has 0 bridgehead atoms. The summed E-state index contributed by atoms with van der Waals surface area (Å²) in [5, 5.41) is 0. The van der Waals surface area contributed by atoms with E-state index < -0.39 is 20.4 Å². The van der Waals surface area contributed by atoms with E-state index in [4.69, 9.17) is 23.2 Å². The zero-order valence-electron chi connectivity index (χ0n) is 9.98. The molecule has 0 saturated heterocycles. The number of rotatable bonds is 6. The summed E-state index contributed by atoms with van der Waals surface area (Å²) in [6.45, 7) is 4.81. The summed E-state index contributed by atoms with van der Waals surface area (Å²) in [6.07, 6.45) is 1.39. The van der Waals surface area contributed by atoms with Gasteiger partial charge in [-0.05, 0) is 6.42 Å². The highest BCUT2D eigenvalue weighted by Crippen LogP contribution is 2.29. The third-order valence-electron chi connectivity index (χ3n) is 2.02. The van der Waals surface area contributed by atoms with Crippen LogP contribution >= 0.6 is 23.2 Å². The van der Waals surface area contributed by atoms with Crippen molar-refractivity contribution in [3.63, 3.8) is 0 Å². The van der Waals surface area contributed by atoms with E-state index in [1.54, 1.807) is 6.92 Å². The molecular formula is C9H16Cl2N2O3S. The smallest absolute Gasteiger partial charge is 0.270 e. The molecule has 100 valence electrons. The number of hydrogen-bond acceptors (Lipinski definition) is 3. The molecule has 1 amide bonds. The maximum absolute atomic E-state index is 11.9. The van der Waals surface area contributed by atoms with Gasteiger partial charge in [-0.3, -0.25) is 4.79 Å². The maximum Gasteiger partial charge on any atom is 0.306 e. The Labute approximate surface area is 112 Å². The van der Waals surface area contributed by atoms with Crippen molar-refractivity contribution in [3.8, 4) is 0 Å². The summed E-state index contributed by atoms with van der Waals surface area (Å²) in [6, 6.07) is 0. The highest BCUT2D eigenvalue weighted by atomic mass is 35.5. The highest BCUT2D eigenvalue weighted by molar-refractivity contribution is 7.87. The number of nitrogens with zero attached hydrogens (tertiary/aromatic N) is 2. The van der Waals surface area contributed by atoms with Crippen LogP contribution in [-0.2, 0) is 15.0 Å². The average Bonchev–Trinajstić information content (AvgIpc) is 2.24. The van der Waals surface area contributed by atoms with Gasteiger partial charge in [-0.1, -0.05) is 36.2 Å². The van der Waals surface area contributed by atoms with Crippen LogP contribution in [0.4, 0.5) is 0 Å². The second kappa shape index (κ2) is 6.04. The molecule has 0 spiro atoms. The number of amides is 1. The SMILES string of the molecule is C=CCN(C(=O)C(Cl)(Cl)CC)S(=O)(=O)N(C)C. The van der Waals surface area contributed by atoms with Crippen LogP contribution in [0.2, 0.25) is 0 Å². The summed E-state index contributed by atoms with van der Waals surface area (Å²) in [5.74, 6) is -0.878. The number of halogens is 2. The molecular weight excluding hydrogens is 287 g/mol. The molecule has 17 heavy (non-hydrogen) atoms. The Hall–Kier alpha value is -0.300. The van der Waals surface area contributed by atoms with Gasteiger partial charge < -0.3 is 0 Å². The van der Waals surface area contributed by atoms with Crippen LogP contribution in [0, 0.1) is 0 Å². The van der Waals surface area contributed by atoms with Crippen molar-refractivity contribution >= 4 is 39.3 Å². The molecule has 0 aromatic heterocycles. The standard InChI is InChI=1S/C9H16Cl2N2O3S/c1-5-7-13(17(15,16)12(3)4)8(14)9(10,11)6-2/h5H,1,6-7H2,2-4H3. The minimum Gasteiger partial charge on any atom is -0.270 e. The average molecular weight is 303 g/mol. The lowest BCUT2D eigenvalue weighted by atomic mass is 10.3. The summed E-state index contributed by atoms with van der Waals surface area (Å²) < 4.78 is 23.5. The van der Waals surface area contributed by atoms with Gasteiger partial charge in [0.1, 0.15) is 0 Å². The fourth-order valence-electron chi connectivity index (χ4n) is 0.930. The molecule has 0 aromatic carbocycles. The molecule has 0 heterocycles. The molecule has 0 fully saturated rings. The van der Waals surface area contributed by atoms with E-state index in [0.29, 0.717) is 4.31 Å². The van der Waals surface area contributed by atoms with Crippen LogP contribution in [0.1, 0.15) is 13.3 Å². The summed E-state index contributed by atoms with van der Waals surface area (Å²) in [4.78, 5) is 11.9. The summed E-state index contributed by atoms with van der Waals surface area (Å²) in [5.41, 5.74) is 0. The highest BCUT2D eigenvalue weighted by Gasteiger charge is 2.41. The lowest BCUT2D eigenvalue weighted by Gasteiger charge is -2.28. The second-order valence-electron chi connectivity index (χ2n) is 3.47. The number of alkyl halides is 2. The first-order chi connectivity index (χ1) is 7.61. The zero-order valence-corrected chi connectivity index (χ0v) is 12.3. The second-order valence-corrected chi connectivity index (χ2v) is 7.02. The quantitative estimate of drug-likeness (QED) is 0.550. The molecule has 0 atom stereocenters. The molecule has 0 radical (unpaired) electrons. The molecule has 0 rings (SSSR count). The van der Waals surface area contributed by atoms with Crippen LogP contribution in [0.25, 0.3) is 0 Å². The Balaban J connectivity index is 5.41. The molecule has 5 nitrogen and oxygen atoms in total. The van der Waals surface area contributed by atoms with E-state index in [1.807, 2.05) is 0 Å². The van der Waals surface area contributed by atoms with Crippen molar-refractivity contribution in [1.29, 1.82) is 0 Å². The van der Waals surface area contributed by atoms with Crippen molar-refractivity contribution in [2.75, 3.05) is 20.6 Å². The number of hydrogen-bond donors (Lipinski definition) is 0. The van der Waals surface area contributed by atoms with Crippen LogP contribution in [0.5, 0.6) is 0 Å². The van der Waals surface area contributed by atoms with Crippen LogP contribution < -0.4 is 0 Å². The fraction of sp³-hybridized carbons (Fsp3) is 0.667. The third kappa shape index (κ3) is 3.84. The monoisotopic (exact) mass is 302 g/mol. The topological polar surface area (TPSA) is 57.7 Å². The Kier molecular flexibility index (Phi) is 5.93. The van der Waals surface area contributed by atoms with Gasteiger partial charge in [-0.2, -0.15) is 12.7 Å². The van der Waals surface area contributed by atoms with Gasteiger partial charge in [0.2, 0.25) is 0 Å². The molecule has 0 aliphatic heterocycles. The Morgan fingerprint density at radius 2 is 1.88 bits per heavy atom. The van der Waals surface area contributed by atoms with Gasteiger partial charge in [-0.15, -0.1) is 6.58 Å². The van der Waals surface area contributed by atoms with Crippen molar-refractivity contribution in [2.45, 2.75) is 17.7 Å². The van der Waals surface area contributed by atoms with Gasteiger partial charge >= 0.3 is 10.2 Å². The zero-order chi connectivity index (χ0) is 13.9. The summed E-state index contributed by atoms with van der Waals surface area (Å²) in [7, 11) is -1.29. The minimum atomic E-state index is -3.92. The van der Waals surface area contributed by atoms with Gasteiger partial charge in [0.15, 0.2) is 4.33 Å². The first kappa shape index (κ1) is 16.7. The van der Waals surface area contributed by atoms with E-state index >= 15 is 0 Å². The van der Waals surface area contributed by atoms with E-state index in [1.165, 1.54) is 20.2 Å². The first-order valence-corrected chi connectivity index (χ1v) is 6.99. The van der Waals surface area contributed by atoms with Gasteiger partial charge in [0, 0.05) is 14.1 Å². The normalized spacial score (nSPS) is 12.6. The predicted octanol–water partition coefficient (Wildman–Crippen LogP) is 1.39. The molecule has 8 heteroatoms. The lowest BCUT2D eigenvalue weighted by Crippen LogP contribution is -2.49. The van der Waals surface area contributed by atoms with E-state index in [9.17, 15) is 13.2 Å². The van der Waals surface area contributed by atoms with Gasteiger partial charge in [0.25, 0.3) is 5.91 Å². The maximum atomic E-state index is 11.9. The molecule has 0 aliphatic rings. The van der Waals surface area contributed by atoms with Crippen LogP contribution in [-0.4, -0.2) is 47.9 Å². The van der Waals surface area contributed by atoms with Crippen LogP contribution in [0.15, 0.2) is 12.7 Å². The number of carbonyl (C=O) groups is 1. The Morgan fingerprint density at radius 1 is 1.41 bits per heavy atom. The van der Waals surface area contributed by atoms with E-state index in [-0.39, 0.29) is 13.0 Å². The van der Waals surface area contributed by atoms with Crippen molar-refractivity contribution < 1.29 is 13.2 Å². The van der Waals surface area contributed by atoms with Crippen LogP contribution in [0.3, 0.4) is 0 Å². The largest absolute Gasteiger partial charge is 0.306 e. The fourth-order valence-corrected chi connectivity index (χ4v) is 2.29. The van der Waals surface area contributed by atoms with E-state index in [0.717, 1.165) is 4.31 Å². The molecule has 0 saturated carbocycles. The molecule has 0 unspecified atom stereocenters. The Bertz CT molecular complexity index is 393. The first-order valence-electron chi connectivity index (χ1n) is 4.84. The number of carbonyl (C=O) groups excluding carboxylic acids is 1. The summed E-state index contributed by atoms with van der Waals surface area (Å²) >= 11 is 11.5. The molecule has 0 aromatic rings. The lowest BCUT2D eigenvalue weighted by molar-refractivity contribution is -0.127.